The highest BCUT2D eigenvalue weighted by Crippen LogP contribution is 2.37. The van der Waals surface area contributed by atoms with Crippen molar-refractivity contribution in [3.63, 3.8) is 0 Å². The fourth-order valence-corrected chi connectivity index (χ4v) is 2.97. The van der Waals surface area contributed by atoms with Crippen molar-refractivity contribution in [2.45, 2.75) is 19.1 Å². The van der Waals surface area contributed by atoms with Crippen molar-refractivity contribution in [2.75, 3.05) is 6.54 Å². The van der Waals surface area contributed by atoms with Crippen LogP contribution in [0.25, 0.3) is 0 Å². The van der Waals surface area contributed by atoms with Gasteiger partial charge in [-0.25, -0.2) is 0 Å². The van der Waals surface area contributed by atoms with Gasteiger partial charge in [0.2, 0.25) is 0 Å². The molecule has 0 saturated carbocycles. The number of rotatable bonds is 3. The van der Waals surface area contributed by atoms with Gasteiger partial charge in [-0.3, -0.25) is 9.88 Å². The third-order valence-electron chi connectivity index (χ3n) is 3.67. The van der Waals surface area contributed by atoms with Crippen molar-refractivity contribution in [3.05, 3.63) is 64.4 Å². The first kappa shape index (κ1) is 12.6. The molecule has 2 aromatic rings. The maximum atomic E-state index is 6.28. The van der Waals surface area contributed by atoms with Gasteiger partial charge in [0.25, 0.3) is 0 Å². The Labute approximate surface area is 118 Å². The number of hydrogen-bond acceptors (Lipinski definition) is 3. The van der Waals surface area contributed by atoms with Crippen molar-refractivity contribution in [1.29, 1.82) is 0 Å². The van der Waals surface area contributed by atoms with E-state index in [1.54, 1.807) is 0 Å². The number of hydrogen-bond donors (Lipinski definition) is 1. The minimum atomic E-state index is 0.252. The Morgan fingerprint density at radius 3 is 2.79 bits per heavy atom. The highest BCUT2D eigenvalue weighted by atomic mass is 35.5. The Morgan fingerprint density at radius 1 is 1.26 bits per heavy atom. The van der Waals surface area contributed by atoms with Crippen LogP contribution in [0.15, 0.2) is 42.7 Å². The normalized spacial score (nSPS) is 18.5. The first-order valence-electron chi connectivity index (χ1n) is 6.40. The fraction of sp³-hybridized carbons (Fsp3) is 0.267. The van der Waals surface area contributed by atoms with E-state index in [9.17, 15) is 0 Å². The largest absolute Gasteiger partial charge is 0.329 e. The summed E-state index contributed by atoms with van der Waals surface area (Å²) < 4.78 is 0. The molecule has 2 N–H and O–H groups in total. The summed E-state index contributed by atoms with van der Waals surface area (Å²) >= 11 is 6.28. The second-order valence-corrected chi connectivity index (χ2v) is 5.23. The van der Waals surface area contributed by atoms with Crippen LogP contribution in [-0.4, -0.2) is 16.4 Å². The van der Waals surface area contributed by atoms with Crippen LogP contribution in [0.2, 0.25) is 5.02 Å². The van der Waals surface area contributed by atoms with Crippen LogP contribution in [-0.2, 0) is 13.1 Å². The van der Waals surface area contributed by atoms with Gasteiger partial charge in [-0.05, 0) is 34.9 Å². The number of halogens is 1. The zero-order valence-corrected chi connectivity index (χ0v) is 11.3. The zero-order chi connectivity index (χ0) is 13.2. The van der Waals surface area contributed by atoms with Crippen LogP contribution in [0.5, 0.6) is 0 Å². The molecular weight excluding hydrogens is 258 g/mol. The predicted octanol–water partition coefficient (Wildman–Crippen LogP) is 2.75. The molecule has 1 aromatic carbocycles. The van der Waals surface area contributed by atoms with Crippen LogP contribution in [0, 0.1) is 0 Å². The van der Waals surface area contributed by atoms with Gasteiger partial charge < -0.3 is 5.73 Å². The summed E-state index contributed by atoms with van der Waals surface area (Å²) in [4.78, 5) is 6.42. The summed E-state index contributed by atoms with van der Waals surface area (Å²) in [7, 11) is 0. The number of nitrogens with two attached hydrogens (primary N) is 1. The van der Waals surface area contributed by atoms with Gasteiger partial charge in [-0.1, -0.05) is 23.7 Å². The minimum Gasteiger partial charge on any atom is -0.329 e. The lowest BCUT2D eigenvalue weighted by Crippen LogP contribution is -2.27. The van der Waals surface area contributed by atoms with E-state index in [-0.39, 0.29) is 6.04 Å². The molecule has 2 heterocycles. The smallest absolute Gasteiger partial charge is 0.0481 e. The highest BCUT2D eigenvalue weighted by Gasteiger charge is 2.30. The molecule has 1 atom stereocenters. The predicted molar refractivity (Wildman–Crippen MR) is 76.7 cm³/mol. The van der Waals surface area contributed by atoms with Crippen molar-refractivity contribution >= 4 is 11.6 Å². The Bertz CT molecular complexity index is 571. The lowest BCUT2D eigenvalue weighted by molar-refractivity contribution is 0.211. The zero-order valence-electron chi connectivity index (χ0n) is 10.6. The molecule has 0 fully saturated rings. The second kappa shape index (κ2) is 5.29. The van der Waals surface area contributed by atoms with E-state index in [1.165, 1.54) is 16.7 Å². The first-order valence-corrected chi connectivity index (χ1v) is 6.77. The maximum absolute atomic E-state index is 6.28. The lowest BCUT2D eigenvalue weighted by Gasteiger charge is -2.23. The summed E-state index contributed by atoms with van der Waals surface area (Å²) in [5, 5.41) is 0.841. The number of pyridine rings is 1. The van der Waals surface area contributed by atoms with Crippen LogP contribution < -0.4 is 5.73 Å². The van der Waals surface area contributed by atoms with Crippen LogP contribution in [0.3, 0.4) is 0 Å². The molecule has 1 aliphatic heterocycles. The standard InChI is InChI=1S/C15H16ClN3/c16-14-3-1-2-12-13(14)10-19(15(12)8-17)9-11-4-6-18-7-5-11/h1-7,15H,8-10,17H2. The Balaban J connectivity index is 1.88. The first-order chi connectivity index (χ1) is 9.29. The van der Waals surface area contributed by atoms with Crippen LogP contribution >= 0.6 is 11.6 Å². The molecule has 98 valence electrons. The van der Waals surface area contributed by atoms with Crippen molar-refractivity contribution in [3.8, 4) is 0 Å². The average molecular weight is 274 g/mol. The summed E-state index contributed by atoms with van der Waals surface area (Å²) in [6.07, 6.45) is 3.64. The molecule has 3 nitrogen and oxygen atoms in total. The van der Waals surface area contributed by atoms with Crippen LogP contribution in [0.1, 0.15) is 22.7 Å². The summed E-state index contributed by atoms with van der Waals surface area (Å²) in [5.41, 5.74) is 9.68. The Kier molecular flexibility index (Phi) is 3.51. The monoisotopic (exact) mass is 273 g/mol. The molecule has 1 aromatic heterocycles. The lowest BCUT2D eigenvalue weighted by atomic mass is 10.1. The molecule has 4 heteroatoms. The third kappa shape index (κ3) is 2.37. The molecule has 0 amide bonds. The van der Waals surface area contributed by atoms with Gasteiger partial charge in [0.05, 0.1) is 0 Å². The summed E-state index contributed by atoms with van der Waals surface area (Å²) in [5.74, 6) is 0. The van der Waals surface area contributed by atoms with Crippen molar-refractivity contribution in [1.82, 2.24) is 9.88 Å². The molecule has 1 aliphatic rings. The van der Waals surface area contributed by atoms with Crippen molar-refractivity contribution < 1.29 is 0 Å². The fourth-order valence-electron chi connectivity index (χ4n) is 2.73. The van der Waals surface area contributed by atoms with Gasteiger partial charge in [0.1, 0.15) is 0 Å². The quantitative estimate of drug-likeness (QED) is 0.935. The number of benzene rings is 1. The molecule has 0 spiro atoms. The number of aromatic nitrogens is 1. The molecule has 1 unspecified atom stereocenters. The van der Waals surface area contributed by atoms with E-state index >= 15 is 0 Å². The number of nitrogens with zero attached hydrogens (tertiary/aromatic N) is 2. The van der Waals surface area contributed by atoms with Gasteiger partial charge in [-0.2, -0.15) is 0 Å². The SMILES string of the molecule is NCC1c2cccc(Cl)c2CN1Cc1ccncc1. The van der Waals surface area contributed by atoms with Gasteiger partial charge >= 0.3 is 0 Å². The third-order valence-corrected chi connectivity index (χ3v) is 4.03. The summed E-state index contributed by atoms with van der Waals surface area (Å²) in [6.45, 7) is 2.34. The van der Waals surface area contributed by atoms with Gasteiger partial charge in [-0.15, -0.1) is 0 Å². The maximum Gasteiger partial charge on any atom is 0.0481 e. The van der Waals surface area contributed by atoms with E-state index in [0.29, 0.717) is 6.54 Å². The van der Waals surface area contributed by atoms with E-state index < -0.39 is 0 Å². The van der Waals surface area contributed by atoms with E-state index in [0.717, 1.165) is 18.1 Å². The van der Waals surface area contributed by atoms with E-state index in [4.69, 9.17) is 17.3 Å². The second-order valence-electron chi connectivity index (χ2n) is 4.82. The van der Waals surface area contributed by atoms with Crippen molar-refractivity contribution in [2.24, 2.45) is 5.73 Å². The van der Waals surface area contributed by atoms with Gasteiger partial charge in [0, 0.05) is 43.1 Å². The molecule has 19 heavy (non-hydrogen) atoms. The molecule has 0 aliphatic carbocycles. The molecular formula is C15H16ClN3. The van der Waals surface area contributed by atoms with Crippen LogP contribution in [0.4, 0.5) is 0 Å². The van der Waals surface area contributed by atoms with E-state index in [2.05, 4.69) is 16.0 Å². The Hall–Kier alpha value is -1.42. The molecule has 0 saturated heterocycles. The average Bonchev–Trinajstić information content (AvgIpc) is 2.79. The topological polar surface area (TPSA) is 42.1 Å². The molecule has 0 bridgehead atoms. The number of fused-ring (bicyclic) bond motifs is 1. The minimum absolute atomic E-state index is 0.252. The molecule has 0 radical (unpaired) electrons. The Morgan fingerprint density at radius 2 is 2.05 bits per heavy atom. The van der Waals surface area contributed by atoms with E-state index in [1.807, 2.05) is 36.7 Å². The van der Waals surface area contributed by atoms with Gasteiger partial charge in [0.15, 0.2) is 0 Å². The summed E-state index contributed by atoms with van der Waals surface area (Å²) in [6, 6.07) is 10.4. The molecule has 3 rings (SSSR count). The highest BCUT2D eigenvalue weighted by molar-refractivity contribution is 6.31.